The van der Waals surface area contributed by atoms with Crippen LogP contribution < -0.4 is 0 Å². The normalized spacial score (nSPS) is 10.5. The van der Waals surface area contributed by atoms with Crippen LogP contribution in [0, 0.1) is 0 Å². The van der Waals surface area contributed by atoms with Crippen LogP contribution in [-0.2, 0) is 45.5 Å². The van der Waals surface area contributed by atoms with Gasteiger partial charge in [0.15, 0.2) is 0 Å². The lowest BCUT2D eigenvalue weighted by molar-refractivity contribution is -0.130. The number of carbonyl (C=O) groups is 2. The van der Waals surface area contributed by atoms with Crippen molar-refractivity contribution in [1.82, 2.24) is 30.8 Å². The van der Waals surface area contributed by atoms with Gasteiger partial charge in [0.05, 0.1) is 13.2 Å². The molecule has 12 heteroatoms. The summed E-state index contributed by atoms with van der Waals surface area (Å²) in [6, 6.07) is 6.96. The Morgan fingerprint density at radius 3 is 1.33 bits per heavy atom. The number of benzene rings is 2. The highest BCUT2D eigenvalue weighted by molar-refractivity contribution is 5.81. The zero-order valence-electron chi connectivity index (χ0n) is 15.6. The molecule has 156 valence electrons. The first-order valence-corrected chi connectivity index (χ1v) is 8.68. The smallest absolute Gasteiger partial charge is 0.293 e. The predicted molar refractivity (Wildman–Crippen MR) is 101 cm³/mol. The molecule has 0 bridgehead atoms. The standard InChI is InChI=1S/C10H9N3O4.C8H9N3O2/c14-5-16-3-7-1-2-8(4-17-6-15)10-9(7)11-13-12-10;12-3-5-1-2-6(4-13)8-7(5)9-11-10-8/h1-2,5-6H,3-4H2,(H,11,12,13);1-2,12-13H,3-4H2,(H,9,10,11). The van der Waals surface area contributed by atoms with Crippen molar-refractivity contribution in [3.05, 3.63) is 46.5 Å². The summed E-state index contributed by atoms with van der Waals surface area (Å²) < 4.78 is 9.34. The Labute approximate surface area is 168 Å². The van der Waals surface area contributed by atoms with E-state index in [0.717, 1.165) is 11.1 Å². The fourth-order valence-corrected chi connectivity index (χ4v) is 2.81. The third-order valence-electron chi connectivity index (χ3n) is 4.24. The molecule has 0 saturated heterocycles. The Hall–Kier alpha value is -3.90. The van der Waals surface area contributed by atoms with Crippen molar-refractivity contribution < 1.29 is 29.3 Å². The number of nitrogens with one attached hydrogen (secondary N) is 2. The van der Waals surface area contributed by atoms with Gasteiger partial charge < -0.3 is 19.7 Å². The predicted octanol–water partition coefficient (Wildman–Crippen LogP) is 0.246. The van der Waals surface area contributed by atoms with Crippen LogP contribution >= 0.6 is 0 Å². The van der Waals surface area contributed by atoms with Crippen LogP contribution in [0.1, 0.15) is 22.3 Å². The van der Waals surface area contributed by atoms with E-state index < -0.39 is 0 Å². The van der Waals surface area contributed by atoms with Gasteiger partial charge in [0, 0.05) is 22.3 Å². The molecule has 4 rings (SSSR count). The monoisotopic (exact) mass is 414 g/mol. The quantitative estimate of drug-likeness (QED) is 0.292. The van der Waals surface area contributed by atoms with Gasteiger partial charge in [0.25, 0.3) is 12.9 Å². The number of rotatable bonds is 8. The van der Waals surface area contributed by atoms with Gasteiger partial charge in [-0.05, 0) is 0 Å². The highest BCUT2D eigenvalue weighted by Crippen LogP contribution is 2.20. The molecule has 0 unspecified atom stereocenters. The Morgan fingerprint density at radius 1 is 0.667 bits per heavy atom. The Kier molecular flexibility index (Phi) is 6.97. The molecule has 2 aromatic heterocycles. The SMILES string of the molecule is O=COCc1ccc(COC=O)c2n[nH]nc12.OCc1ccc(CO)c2n[nH]nc12. The molecule has 0 radical (unpaired) electrons. The van der Waals surface area contributed by atoms with E-state index in [1.807, 2.05) is 0 Å². The molecule has 0 amide bonds. The maximum absolute atomic E-state index is 10.1. The van der Waals surface area contributed by atoms with Gasteiger partial charge in [0.1, 0.15) is 35.3 Å². The minimum Gasteiger partial charge on any atom is -0.463 e. The number of aromatic amines is 2. The van der Waals surface area contributed by atoms with Crippen LogP contribution in [-0.4, -0.2) is 54.0 Å². The Morgan fingerprint density at radius 2 is 1.00 bits per heavy atom. The summed E-state index contributed by atoms with van der Waals surface area (Å²) in [5.41, 5.74) is 5.31. The summed E-state index contributed by atoms with van der Waals surface area (Å²) in [6.45, 7) is 0.844. The maximum atomic E-state index is 10.1. The van der Waals surface area contributed by atoms with E-state index in [2.05, 4.69) is 40.3 Å². The lowest BCUT2D eigenvalue weighted by atomic mass is 10.1. The summed E-state index contributed by atoms with van der Waals surface area (Å²) in [5.74, 6) is 0. The molecule has 12 nitrogen and oxygen atoms in total. The third kappa shape index (κ3) is 4.39. The number of H-pyrrole nitrogens is 2. The van der Waals surface area contributed by atoms with Crippen LogP contribution in [0.25, 0.3) is 22.1 Å². The topological polar surface area (TPSA) is 176 Å². The van der Waals surface area contributed by atoms with Gasteiger partial charge in [-0.2, -0.15) is 30.8 Å². The molecule has 0 fully saturated rings. The fraction of sp³-hybridized carbons (Fsp3) is 0.222. The number of nitrogens with zero attached hydrogens (tertiary/aromatic N) is 4. The van der Waals surface area contributed by atoms with Crippen molar-refractivity contribution >= 4 is 35.0 Å². The second-order valence-electron chi connectivity index (χ2n) is 5.94. The number of hydrogen-bond acceptors (Lipinski definition) is 10. The molecule has 0 aliphatic carbocycles. The zero-order chi connectivity index (χ0) is 21.3. The van der Waals surface area contributed by atoms with Gasteiger partial charge in [-0.1, -0.05) is 24.3 Å². The van der Waals surface area contributed by atoms with Crippen LogP contribution in [0.4, 0.5) is 0 Å². The number of aliphatic hydroxyl groups excluding tert-OH is 2. The summed E-state index contributed by atoms with van der Waals surface area (Å²) in [5, 5.41) is 38.6. The largest absolute Gasteiger partial charge is 0.463 e. The highest BCUT2D eigenvalue weighted by atomic mass is 16.5. The molecule has 0 aliphatic heterocycles. The number of ether oxygens (including phenoxy) is 2. The molecule has 0 aliphatic rings. The Balaban J connectivity index is 0.000000177. The van der Waals surface area contributed by atoms with Gasteiger partial charge in [-0.25, -0.2) is 0 Å². The second-order valence-corrected chi connectivity index (χ2v) is 5.94. The Bertz CT molecular complexity index is 1060. The molecular formula is C18H18N6O6. The third-order valence-corrected chi connectivity index (χ3v) is 4.24. The molecule has 2 aromatic carbocycles. The van der Waals surface area contributed by atoms with Crippen molar-refractivity contribution in [1.29, 1.82) is 0 Å². The van der Waals surface area contributed by atoms with Crippen LogP contribution in [0.5, 0.6) is 0 Å². The average Bonchev–Trinajstić information content (AvgIpc) is 3.46. The van der Waals surface area contributed by atoms with E-state index in [1.54, 1.807) is 24.3 Å². The van der Waals surface area contributed by atoms with Crippen LogP contribution in [0.3, 0.4) is 0 Å². The second kappa shape index (κ2) is 10.0. The van der Waals surface area contributed by atoms with E-state index in [1.165, 1.54) is 0 Å². The fourth-order valence-electron chi connectivity index (χ4n) is 2.81. The van der Waals surface area contributed by atoms with Crippen molar-refractivity contribution in [2.45, 2.75) is 26.4 Å². The van der Waals surface area contributed by atoms with Crippen molar-refractivity contribution in [2.24, 2.45) is 0 Å². The zero-order valence-corrected chi connectivity index (χ0v) is 15.6. The number of aliphatic hydroxyl groups is 2. The van der Waals surface area contributed by atoms with E-state index in [-0.39, 0.29) is 26.4 Å². The molecular weight excluding hydrogens is 396 g/mol. The number of aromatic nitrogens is 6. The lowest BCUT2D eigenvalue weighted by Crippen LogP contribution is -1.96. The van der Waals surface area contributed by atoms with Crippen molar-refractivity contribution in [2.75, 3.05) is 0 Å². The molecule has 4 aromatic rings. The summed E-state index contributed by atoms with van der Waals surface area (Å²) in [7, 11) is 0. The van der Waals surface area contributed by atoms with Gasteiger partial charge in [-0.15, -0.1) is 0 Å². The lowest BCUT2D eigenvalue weighted by Gasteiger charge is -2.04. The minimum absolute atomic E-state index is 0.0747. The van der Waals surface area contributed by atoms with Gasteiger partial charge in [0.2, 0.25) is 0 Å². The number of carbonyl (C=O) groups excluding carboxylic acids is 2. The highest BCUT2D eigenvalue weighted by Gasteiger charge is 2.11. The first-order chi connectivity index (χ1) is 14.7. The van der Waals surface area contributed by atoms with Gasteiger partial charge >= 0.3 is 0 Å². The minimum atomic E-state index is -0.0747. The summed E-state index contributed by atoms with van der Waals surface area (Å²) in [6.07, 6.45) is 0. The first kappa shape index (κ1) is 20.8. The summed E-state index contributed by atoms with van der Waals surface area (Å²) >= 11 is 0. The summed E-state index contributed by atoms with van der Waals surface area (Å²) in [4.78, 5) is 20.3. The molecule has 2 heterocycles. The van der Waals surface area contributed by atoms with E-state index in [4.69, 9.17) is 10.2 Å². The van der Waals surface area contributed by atoms with Crippen molar-refractivity contribution in [3.63, 3.8) is 0 Å². The van der Waals surface area contributed by atoms with Crippen molar-refractivity contribution in [3.8, 4) is 0 Å². The average molecular weight is 414 g/mol. The first-order valence-electron chi connectivity index (χ1n) is 8.68. The maximum Gasteiger partial charge on any atom is 0.293 e. The van der Waals surface area contributed by atoms with E-state index in [0.29, 0.717) is 46.1 Å². The molecule has 0 spiro atoms. The molecule has 0 saturated carbocycles. The molecule has 4 N–H and O–H groups in total. The molecule has 30 heavy (non-hydrogen) atoms. The van der Waals surface area contributed by atoms with E-state index in [9.17, 15) is 9.59 Å². The number of hydrogen-bond donors (Lipinski definition) is 4. The van der Waals surface area contributed by atoms with Gasteiger partial charge in [-0.3, -0.25) is 9.59 Å². The molecule has 0 atom stereocenters. The van der Waals surface area contributed by atoms with Crippen LogP contribution in [0.15, 0.2) is 24.3 Å². The van der Waals surface area contributed by atoms with Crippen LogP contribution in [0.2, 0.25) is 0 Å². The van der Waals surface area contributed by atoms with E-state index >= 15 is 0 Å². The number of fused-ring (bicyclic) bond motifs is 2.